The number of hydrogen-bond donors (Lipinski definition) is 4. The first-order chi connectivity index (χ1) is 8.56. The topological polar surface area (TPSA) is 105 Å². The fourth-order valence-electron chi connectivity index (χ4n) is 2.56. The second-order valence-electron chi connectivity index (χ2n) is 4.71. The summed E-state index contributed by atoms with van der Waals surface area (Å²) in [6, 6.07) is -0.0400. The van der Waals surface area contributed by atoms with Crippen LogP contribution < -0.4 is 16.4 Å². The van der Waals surface area contributed by atoms with Crippen molar-refractivity contribution >= 4 is 11.7 Å². The van der Waals surface area contributed by atoms with Gasteiger partial charge in [-0.15, -0.1) is 0 Å². The van der Waals surface area contributed by atoms with Gasteiger partial charge in [0.2, 0.25) is 0 Å². The Morgan fingerprint density at radius 3 is 3.00 bits per heavy atom. The van der Waals surface area contributed by atoms with Crippen molar-refractivity contribution in [1.29, 1.82) is 0 Å². The fraction of sp³-hybridized carbons (Fsp3) is 0.455. The highest BCUT2D eigenvalue weighted by atomic mass is 16.3. The van der Waals surface area contributed by atoms with Crippen LogP contribution in [0.25, 0.3) is 0 Å². The third kappa shape index (κ3) is 1.59. The summed E-state index contributed by atoms with van der Waals surface area (Å²) in [5.74, 6) is 0.297. The van der Waals surface area contributed by atoms with E-state index >= 15 is 0 Å². The number of aliphatic hydroxyl groups is 1. The second kappa shape index (κ2) is 3.82. The average molecular weight is 249 g/mol. The molecule has 7 nitrogen and oxygen atoms in total. The van der Waals surface area contributed by atoms with Crippen molar-refractivity contribution in [3.05, 3.63) is 24.2 Å². The summed E-state index contributed by atoms with van der Waals surface area (Å²) in [6.45, 7) is 3.96. The summed E-state index contributed by atoms with van der Waals surface area (Å²) in [4.78, 5) is 15.8. The van der Waals surface area contributed by atoms with Crippen LogP contribution >= 0.6 is 0 Å². The molecular weight excluding hydrogens is 234 g/mol. The van der Waals surface area contributed by atoms with Crippen molar-refractivity contribution in [3.8, 4) is 0 Å². The van der Waals surface area contributed by atoms with Gasteiger partial charge in [0.25, 0.3) is 5.91 Å². The van der Waals surface area contributed by atoms with Gasteiger partial charge < -0.3 is 20.3 Å². The molecule has 3 rings (SSSR count). The third-order valence-electron chi connectivity index (χ3n) is 3.39. The lowest BCUT2D eigenvalue weighted by atomic mass is 10.2. The molecule has 1 fully saturated rings. The van der Waals surface area contributed by atoms with Crippen molar-refractivity contribution in [2.24, 2.45) is 5.73 Å². The van der Waals surface area contributed by atoms with Crippen LogP contribution in [0.15, 0.2) is 18.5 Å². The minimum Gasteiger partial charge on any atom is -0.393 e. The van der Waals surface area contributed by atoms with E-state index in [0.29, 0.717) is 24.4 Å². The molecule has 7 heteroatoms. The van der Waals surface area contributed by atoms with Crippen molar-refractivity contribution in [2.75, 3.05) is 5.32 Å². The van der Waals surface area contributed by atoms with Gasteiger partial charge >= 0.3 is 0 Å². The Morgan fingerprint density at radius 1 is 1.56 bits per heavy atom. The maximum Gasteiger partial charge on any atom is 0.276 e. The number of rotatable bonds is 1. The molecule has 0 radical (unpaired) electrons. The zero-order chi connectivity index (χ0) is 12.9. The summed E-state index contributed by atoms with van der Waals surface area (Å²) in [5, 5.41) is 15.2. The molecule has 1 aliphatic carbocycles. The first kappa shape index (κ1) is 11.2. The maximum absolute atomic E-state index is 11.7. The first-order valence-corrected chi connectivity index (χ1v) is 5.82. The Balaban J connectivity index is 2.00. The van der Waals surface area contributed by atoms with Gasteiger partial charge in [-0.3, -0.25) is 10.5 Å². The Bertz CT molecular complexity index is 524. The van der Waals surface area contributed by atoms with Gasteiger partial charge in [0, 0.05) is 0 Å². The van der Waals surface area contributed by atoms with Crippen LogP contribution in [0.1, 0.15) is 29.4 Å². The molecule has 18 heavy (non-hydrogen) atoms. The van der Waals surface area contributed by atoms with Crippen LogP contribution in [-0.4, -0.2) is 33.0 Å². The SMILES string of the molecule is C=C1C[C@@H](O)C[C@@H]1n1cnc2c1NC(N)NC2=O. The number of nitrogens with zero attached hydrogens (tertiary/aromatic N) is 2. The van der Waals surface area contributed by atoms with E-state index in [0.717, 1.165) is 5.57 Å². The van der Waals surface area contributed by atoms with Crippen molar-refractivity contribution in [2.45, 2.75) is 31.3 Å². The molecule has 1 aliphatic heterocycles. The smallest absolute Gasteiger partial charge is 0.276 e. The average Bonchev–Trinajstić information content (AvgIpc) is 2.82. The van der Waals surface area contributed by atoms with E-state index in [1.54, 1.807) is 6.33 Å². The predicted molar refractivity (Wildman–Crippen MR) is 64.7 cm³/mol. The number of carbonyl (C=O) groups excluding carboxylic acids is 1. The lowest BCUT2D eigenvalue weighted by molar-refractivity contribution is 0.0932. The van der Waals surface area contributed by atoms with Gasteiger partial charge in [-0.1, -0.05) is 12.2 Å². The number of nitrogens with two attached hydrogens (primary N) is 1. The molecule has 3 atom stereocenters. The normalized spacial score (nSPS) is 30.9. The van der Waals surface area contributed by atoms with E-state index in [4.69, 9.17) is 5.73 Å². The zero-order valence-electron chi connectivity index (χ0n) is 9.76. The molecule has 0 aromatic carbocycles. The highest BCUT2D eigenvalue weighted by Crippen LogP contribution is 2.37. The van der Waals surface area contributed by atoms with Crippen LogP contribution in [-0.2, 0) is 0 Å². The van der Waals surface area contributed by atoms with Crippen LogP contribution in [0.4, 0.5) is 5.82 Å². The molecule has 1 unspecified atom stereocenters. The zero-order valence-corrected chi connectivity index (χ0v) is 9.76. The number of carbonyl (C=O) groups is 1. The highest BCUT2D eigenvalue weighted by Gasteiger charge is 2.33. The lowest BCUT2D eigenvalue weighted by Crippen LogP contribution is -2.51. The van der Waals surface area contributed by atoms with E-state index in [-0.39, 0.29) is 18.1 Å². The molecule has 2 aliphatic rings. The Hall–Kier alpha value is -1.86. The molecule has 1 saturated carbocycles. The standard InChI is InChI=1S/C11H15N5O2/c1-5-2-6(17)3-7(5)16-4-13-8-9(16)14-11(12)15-10(8)18/h4,6-7,11,14,17H,1-3,12H2,(H,15,18)/t6-,7+,11?/m1/s1. The Labute approximate surface area is 104 Å². The minimum absolute atomic E-state index is 0.0400. The number of fused-ring (bicyclic) bond motifs is 1. The predicted octanol–water partition coefficient (Wildman–Crippen LogP) is -0.467. The number of amides is 1. The minimum atomic E-state index is -0.625. The van der Waals surface area contributed by atoms with E-state index in [1.807, 2.05) is 4.57 Å². The second-order valence-corrected chi connectivity index (χ2v) is 4.71. The maximum atomic E-state index is 11.7. The highest BCUT2D eigenvalue weighted by molar-refractivity contribution is 5.99. The van der Waals surface area contributed by atoms with Gasteiger partial charge in [0.1, 0.15) is 5.82 Å². The van der Waals surface area contributed by atoms with Gasteiger partial charge in [-0.2, -0.15) is 0 Å². The molecular formula is C11H15N5O2. The van der Waals surface area contributed by atoms with E-state index in [9.17, 15) is 9.90 Å². The number of hydrogen-bond acceptors (Lipinski definition) is 5. The van der Waals surface area contributed by atoms with Crippen molar-refractivity contribution < 1.29 is 9.90 Å². The van der Waals surface area contributed by atoms with Gasteiger partial charge in [-0.25, -0.2) is 4.98 Å². The summed E-state index contributed by atoms with van der Waals surface area (Å²) in [7, 11) is 0. The summed E-state index contributed by atoms with van der Waals surface area (Å²) in [5.41, 5.74) is 6.93. The van der Waals surface area contributed by atoms with Gasteiger partial charge in [-0.05, 0) is 12.8 Å². The molecule has 96 valence electrons. The number of aromatic nitrogens is 2. The largest absolute Gasteiger partial charge is 0.393 e. The molecule has 0 bridgehead atoms. The van der Waals surface area contributed by atoms with Crippen molar-refractivity contribution in [1.82, 2.24) is 14.9 Å². The van der Waals surface area contributed by atoms with E-state index in [1.165, 1.54) is 0 Å². The molecule has 1 amide bonds. The van der Waals surface area contributed by atoms with Crippen molar-refractivity contribution in [3.63, 3.8) is 0 Å². The van der Waals surface area contributed by atoms with Gasteiger partial charge in [0.15, 0.2) is 12.0 Å². The number of aliphatic hydroxyl groups excluding tert-OH is 1. The van der Waals surface area contributed by atoms with Crippen LogP contribution in [0.2, 0.25) is 0 Å². The Kier molecular flexibility index (Phi) is 2.39. The molecule has 0 spiro atoms. The molecule has 1 aromatic rings. The summed E-state index contributed by atoms with van der Waals surface area (Å²) in [6.07, 6.45) is 1.74. The van der Waals surface area contributed by atoms with E-state index in [2.05, 4.69) is 22.2 Å². The first-order valence-electron chi connectivity index (χ1n) is 5.82. The Morgan fingerprint density at radius 2 is 2.33 bits per heavy atom. The summed E-state index contributed by atoms with van der Waals surface area (Å²) < 4.78 is 1.83. The monoisotopic (exact) mass is 249 g/mol. The quantitative estimate of drug-likeness (QED) is 0.504. The van der Waals surface area contributed by atoms with Crippen LogP contribution in [0, 0.1) is 0 Å². The summed E-state index contributed by atoms with van der Waals surface area (Å²) >= 11 is 0. The van der Waals surface area contributed by atoms with Crippen LogP contribution in [0.3, 0.4) is 0 Å². The fourth-order valence-corrected chi connectivity index (χ4v) is 2.56. The number of nitrogens with one attached hydrogen (secondary N) is 2. The molecule has 1 aromatic heterocycles. The third-order valence-corrected chi connectivity index (χ3v) is 3.39. The van der Waals surface area contributed by atoms with Crippen LogP contribution in [0.5, 0.6) is 0 Å². The van der Waals surface area contributed by atoms with Gasteiger partial charge in [0.05, 0.1) is 18.5 Å². The molecule has 5 N–H and O–H groups in total. The number of anilines is 1. The molecule has 0 saturated heterocycles. The molecule has 2 heterocycles. The number of imidazole rings is 1. The lowest BCUT2D eigenvalue weighted by Gasteiger charge is -2.25. The van der Waals surface area contributed by atoms with E-state index < -0.39 is 6.29 Å².